The van der Waals surface area contributed by atoms with Crippen molar-refractivity contribution in [2.45, 2.75) is 19.8 Å². The standard InChI is InChI=1S/C17H16FN3O/c1-2-16-20-14-8-7-13(10-15(14)21-16)19-17(22)9-11-3-5-12(18)6-4-11/h3-8,10H,2,9H2,1H3,(H,19,22)(H,20,21). The zero-order valence-corrected chi connectivity index (χ0v) is 12.2. The minimum atomic E-state index is -0.305. The Labute approximate surface area is 127 Å². The number of rotatable bonds is 4. The van der Waals surface area contributed by atoms with Gasteiger partial charge < -0.3 is 10.3 Å². The van der Waals surface area contributed by atoms with Crippen LogP contribution in [-0.2, 0) is 17.6 Å². The van der Waals surface area contributed by atoms with E-state index in [0.29, 0.717) is 5.69 Å². The van der Waals surface area contributed by atoms with E-state index in [4.69, 9.17) is 0 Å². The fourth-order valence-corrected chi connectivity index (χ4v) is 2.30. The van der Waals surface area contributed by atoms with Gasteiger partial charge in [0.1, 0.15) is 11.6 Å². The maximum absolute atomic E-state index is 12.8. The van der Waals surface area contributed by atoms with Crippen LogP contribution in [-0.4, -0.2) is 15.9 Å². The smallest absolute Gasteiger partial charge is 0.228 e. The van der Waals surface area contributed by atoms with Gasteiger partial charge in [0.2, 0.25) is 5.91 Å². The molecule has 0 aliphatic rings. The molecule has 0 fully saturated rings. The third kappa shape index (κ3) is 3.14. The number of amides is 1. The molecule has 0 aliphatic carbocycles. The van der Waals surface area contributed by atoms with Crippen LogP contribution >= 0.6 is 0 Å². The highest BCUT2D eigenvalue weighted by Gasteiger charge is 2.07. The van der Waals surface area contributed by atoms with E-state index in [1.54, 1.807) is 12.1 Å². The number of fused-ring (bicyclic) bond motifs is 1. The molecule has 0 spiro atoms. The number of halogens is 1. The molecule has 1 amide bonds. The fraction of sp³-hybridized carbons (Fsp3) is 0.176. The number of carbonyl (C=O) groups is 1. The number of hydrogen-bond acceptors (Lipinski definition) is 2. The van der Waals surface area contributed by atoms with Gasteiger partial charge in [-0.15, -0.1) is 0 Å². The highest BCUT2D eigenvalue weighted by molar-refractivity contribution is 5.94. The van der Waals surface area contributed by atoms with E-state index in [9.17, 15) is 9.18 Å². The van der Waals surface area contributed by atoms with Crippen LogP contribution < -0.4 is 5.32 Å². The van der Waals surface area contributed by atoms with Gasteiger partial charge in [0, 0.05) is 12.1 Å². The molecule has 3 rings (SSSR count). The monoisotopic (exact) mass is 297 g/mol. The van der Waals surface area contributed by atoms with E-state index in [2.05, 4.69) is 15.3 Å². The SMILES string of the molecule is CCc1nc2ccc(NC(=O)Cc3ccc(F)cc3)cc2[nH]1. The van der Waals surface area contributed by atoms with Gasteiger partial charge in [-0.1, -0.05) is 19.1 Å². The molecule has 0 aliphatic heterocycles. The lowest BCUT2D eigenvalue weighted by atomic mass is 10.1. The Morgan fingerprint density at radius 3 is 2.73 bits per heavy atom. The number of H-pyrrole nitrogens is 1. The predicted octanol–water partition coefficient (Wildman–Crippen LogP) is 3.45. The van der Waals surface area contributed by atoms with Crippen molar-refractivity contribution in [1.29, 1.82) is 0 Å². The minimum Gasteiger partial charge on any atom is -0.342 e. The number of carbonyl (C=O) groups excluding carboxylic acids is 1. The Balaban J connectivity index is 1.71. The first-order valence-corrected chi connectivity index (χ1v) is 7.17. The van der Waals surface area contributed by atoms with Gasteiger partial charge in [0.05, 0.1) is 17.5 Å². The summed E-state index contributed by atoms with van der Waals surface area (Å²) in [5, 5.41) is 2.84. The van der Waals surface area contributed by atoms with Crippen molar-refractivity contribution in [2.75, 3.05) is 5.32 Å². The molecule has 5 heteroatoms. The molecule has 2 aromatic carbocycles. The Hall–Kier alpha value is -2.69. The molecule has 22 heavy (non-hydrogen) atoms. The molecule has 4 nitrogen and oxygen atoms in total. The van der Waals surface area contributed by atoms with Crippen LogP contribution in [0.15, 0.2) is 42.5 Å². The molecule has 112 valence electrons. The number of benzene rings is 2. The van der Waals surface area contributed by atoms with Gasteiger partial charge >= 0.3 is 0 Å². The van der Waals surface area contributed by atoms with Crippen molar-refractivity contribution in [1.82, 2.24) is 9.97 Å². The molecule has 0 atom stereocenters. The molecule has 0 bridgehead atoms. The summed E-state index contributed by atoms with van der Waals surface area (Å²) in [6, 6.07) is 11.5. The number of aromatic amines is 1. The van der Waals surface area contributed by atoms with Crippen LogP contribution in [0.25, 0.3) is 11.0 Å². The Morgan fingerprint density at radius 2 is 2.00 bits per heavy atom. The Morgan fingerprint density at radius 1 is 1.23 bits per heavy atom. The lowest BCUT2D eigenvalue weighted by Gasteiger charge is -2.05. The number of nitrogens with one attached hydrogen (secondary N) is 2. The summed E-state index contributed by atoms with van der Waals surface area (Å²) in [4.78, 5) is 19.7. The number of imidazole rings is 1. The summed E-state index contributed by atoms with van der Waals surface area (Å²) in [6.45, 7) is 2.03. The predicted molar refractivity (Wildman–Crippen MR) is 84.2 cm³/mol. The van der Waals surface area contributed by atoms with Gasteiger partial charge in [0.25, 0.3) is 0 Å². The molecule has 0 saturated carbocycles. The topological polar surface area (TPSA) is 57.8 Å². The maximum atomic E-state index is 12.8. The van der Waals surface area contributed by atoms with Crippen LogP contribution in [0.3, 0.4) is 0 Å². The number of hydrogen-bond donors (Lipinski definition) is 2. The van der Waals surface area contributed by atoms with Crippen molar-refractivity contribution in [3.05, 3.63) is 59.7 Å². The van der Waals surface area contributed by atoms with Gasteiger partial charge in [-0.25, -0.2) is 9.37 Å². The largest absolute Gasteiger partial charge is 0.342 e. The lowest BCUT2D eigenvalue weighted by molar-refractivity contribution is -0.115. The summed E-state index contributed by atoms with van der Waals surface area (Å²) in [7, 11) is 0. The molecule has 2 N–H and O–H groups in total. The van der Waals surface area contributed by atoms with E-state index in [1.165, 1.54) is 12.1 Å². The van der Waals surface area contributed by atoms with E-state index in [0.717, 1.165) is 28.8 Å². The van der Waals surface area contributed by atoms with Gasteiger partial charge in [-0.2, -0.15) is 0 Å². The fourth-order valence-electron chi connectivity index (χ4n) is 2.30. The highest BCUT2D eigenvalue weighted by Crippen LogP contribution is 2.18. The molecule has 0 unspecified atom stereocenters. The molecule has 1 aromatic heterocycles. The van der Waals surface area contributed by atoms with Crippen molar-refractivity contribution in [2.24, 2.45) is 0 Å². The number of anilines is 1. The maximum Gasteiger partial charge on any atom is 0.228 e. The second-order valence-corrected chi connectivity index (χ2v) is 5.12. The zero-order valence-electron chi connectivity index (χ0n) is 12.2. The van der Waals surface area contributed by atoms with Crippen LogP contribution in [0.1, 0.15) is 18.3 Å². The molecule has 0 radical (unpaired) electrons. The third-order valence-corrected chi connectivity index (χ3v) is 3.43. The summed E-state index contributed by atoms with van der Waals surface area (Å²) in [6.07, 6.45) is 1.04. The van der Waals surface area contributed by atoms with Gasteiger partial charge in [-0.3, -0.25) is 4.79 Å². The van der Waals surface area contributed by atoms with Crippen molar-refractivity contribution < 1.29 is 9.18 Å². The van der Waals surface area contributed by atoms with Gasteiger partial charge in [-0.05, 0) is 35.9 Å². The van der Waals surface area contributed by atoms with Crippen molar-refractivity contribution in [3.63, 3.8) is 0 Å². The molecular weight excluding hydrogens is 281 g/mol. The van der Waals surface area contributed by atoms with Crippen LogP contribution in [0.2, 0.25) is 0 Å². The van der Waals surface area contributed by atoms with Crippen molar-refractivity contribution >= 4 is 22.6 Å². The van der Waals surface area contributed by atoms with E-state index in [-0.39, 0.29) is 18.1 Å². The summed E-state index contributed by atoms with van der Waals surface area (Å²) < 4.78 is 12.8. The van der Waals surface area contributed by atoms with Gasteiger partial charge in [0.15, 0.2) is 0 Å². The first-order chi connectivity index (χ1) is 10.6. The van der Waals surface area contributed by atoms with Crippen molar-refractivity contribution in [3.8, 4) is 0 Å². The summed E-state index contributed by atoms with van der Waals surface area (Å²) in [5.74, 6) is 0.478. The lowest BCUT2D eigenvalue weighted by Crippen LogP contribution is -2.14. The number of nitrogens with zero attached hydrogens (tertiary/aromatic N) is 1. The average molecular weight is 297 g/mol. The molecular formula is C17H16FN3O. The first kappa shape index (κ1) is 14.3. The normalized spacial score (nSPS) is 10.8. The number of aryl methyl sites for hydroxylation is 1. The first-order valence-electron chi connectivity index (χ1n) is 7.17. The average Bonchev–Trinajstić information content (AvgIpc) is 2.92. The Bertz CT molecular complexity index is 808. The quantitative estimate of drug-likeness (QED) is 0.775. The van der Waals surface area contributed by atoms with E-state index < -0.39 is 0 Å². The zero-order chi connectivity index (χ0) is 15.5. The van der Waals surface area contributed by atoms with Crippen LogP contribution in [0.5, 0.6) is 0 Å². The second kappa shape index (κ2) is 5.97. The highest BCUT2D eigenvalue weighted by atomic mass is 19.1. The summed E-state index contributed by atoms with van der Waals surface area (Å²) in [5.41, 5.74) is 3.27. The molecule has 3 aromatic rings. The van der Waals surface area contributed by atoms with Crippen LogP contribution in [0, 0.1) is 5.82 Å². The second-order valence-electron chi connectivity index (χ2n) is 5.12. The Kier molecular flexibility index (Phi) is 3.87. The summed E-state index contributed by atoms with van der Waals surface area (Å²) >= 11 is 0. The molecule has 0 saturated heterocycles. The number of aromatic nitrogens is 2. The third-order valence-electron chi connectivity index (χ3n) is 3.43. The van der Waals surface area contributed by atoms with Crippen LogP contribution in [0.4, 0.5) is 10.1 Å². The molecule has 1 heterocycles. The minimum absolute atomic E-state index is 0.138. The van der Waals surface area contributed by atoms with E-state index in [1.807, 2.05) is 25.1 Å². The van der Waals surface area contributed by atoms with E-state index >= 15 is 0 Å².